The molecule has 2 aliphatic heterocycles. The minimum absolute atomic E-state index is 0.340. The molecule has 546 valence electrons. The standard InChI is InChI=1S/C88H66N16O8/c1-109-85(105)59-29-21-53(22-30-59)45-101-49-75(93-97-101)63-17-11-18-64(76-50-102(98-94-76)46-54-23-31-60(32-24-54)86(106)110-2)81(63)83-71-41-37-67(89-71)79(57-13-7-5-8-14-57)69-39-43-73(91-69)84(74-44-40-70(92-74)80(58-15-9-6-10-16-58)68-38-42-72(83)90-68)82-65(77-51-103(99-95-77)47-55-25-33-61(34-26-55)87(107)111-3)19-12-20-66(82)78-52-104(100-96-78)48-56-27-35-62(36-28-56)88(108)112-4/h5-44,49-52,89,92H,45-48H2,1-4H3. The van der Waals surface area contributed by atoms with Crippen LogP contribution in [0.1, 0.15) is 86.5 Å². The molecule has 8 bridgehead atoms. The molecule has 8 aromatic carbocycles. The highest BCUT2D eigenvalue weighted by molar-refractivity contribution is 6.07. The monoisotopic (exact) mass is 1470 g/mol. The summed E-state index contributed by atoms with van der Waals surface area (Å²) in [6.07, 6.45) is 15.8. The summed E-state index contributed by atoms with van der Waals surface area (Å²) in [7, 11) is 5.43. The molecule has 0 spiro atoms. The van der Waals surface area contributed by atoms with Crippen molar-refractivity contribution in [1.29, 1.82) is 0 Å². The highest BCUT2D eigenvalue weighted by Crippen LogP contribution is 2.47. The molecule has 9 heterocycles. The number of fused-ring (bicyclic) bond motifs is 8. The van der Waals surface area contributed by atoms with Gasteiger partial charge < -0.3 is 28.9 Å². The van der Waals surface area contributed by atoms with Gasteiger partial charge in [-0.1, -0.05) is 166 Å². The fourth-order valence-corrected chi connectivity index (χ4v) is 14.2. The number of carbonyl (C=O) groups is 4. The maximum absolute atomic E-state index is 12.5. The minimum atomic E-state index is -0.432. The summed E-state index contributed by atoms with van der Waals surface area (Å²) < 4.78 is 27.0. The maximum atomic E-state index is 12.5. The molecule has 0 saturated heterocycles. The number of benzene rings is 8. The fraction of sp³-hybridized carbons (Fsp3) is 0.0909. The van der Waals surface area contributed by atoms with Gasteiger partial charge in [0, 0.05) is 77.7 Å². The van der Waals surface area contributed by atoms with Crippen LogP contribution in [0.4, 0.5) is 0 Å². The highest BCUT2D eigenvalue weighted by atomic mass is 16.5. The Hall–Kier alpha value is -15.2. The summed E-state index contributed by atoms with van der Waals surface area (Å²) in [5.41, 5.74) is 21.9. The van der Waals surface area contributed by atoms with Crippen LogP contribution in [0.25, 0.3) is 136 Å². The molecule has 17 rings (SSSR count). The van der Waals surface area contributed by atoms with E-state index in [4.69, 9.17) is 70.2 Å². The van der Waals surface area contributed by atoms with Crippen molar-refractivity contribution < 1.29 is 38.1 Å². The number of carbonyl (C=O) groups excluding carboxylic acids is 4. The molecule has 2 N–H and O–H groups in total. The van der Waals surface area contributed by atoms with E-state index < -0.39 is 23.9 Å². The summed E-state index contributed by atoms with van der Waals surface area (Å²) in [5.74, 6) is -1.73. The van der Waals surface area contributed by atoms with E-state index in [1.165, 1.54) is 28.4 Å². The van der Waals surface area contributed by atoms with Crippen molar-refractivity contribution in [3.8, 4) is 89.5 Å². The lowest BCUT2D eigenvalue weighted by Crippen LogP contribution is -2.03. The van der Waals surface area contributed by atoms with Gasteiger partial charge in [0.05, 0.1) is 124 Å². The fourth-order valence-electron chi connectivity index (χ4n) is 14.2. The Morgan fingerprint density at radius 1 is 0.286 bits per heavy atom. The van der Waals surface area contributed by atoms with E-state index in [1.807, 2.05) is 170 Å². The van der Waals surface area contributed by atoms with Gasteiger partial charge in [-0.25, -0.2) is 47.9 Å². The van der Waals surface area contributed by atoms with Crippen molar-refractivity contribution in [2.24, 2.45) is 0 Å². The van der Waals surface area contributed by atoms with Gasteiger partial charge in [-0.3, -0.25) is 0 Å². The van der Waals surface area contributed by atoms with E-state index in [1.54, 1.807) is 67.3 Å². The lowest BCUT2D eigenvalue weighted by atomic mass is 9.90. The summed E-state index contributed by atoms with van der Waals surface area (Å²) in [5, 5.41) is 38.5. The molecule has 7 aromatic heterocycles. The average Bonchev–Trinajstić information content (AvgIpc) is 1.55. The molecule has 0 amide bonds. The number of hydrogen-bond donors (Lipinski definition) is 2. The molecule has 0 saturated carbocycles. The van der Waals surface area contributed by atoms with E-state index in [2.05, 4.69) is 58.5 Å². The van der Waals surface area contributed by atoms with Crippen LogP contribution >= 0.6 is 0 Å². The van der Waals surface area contributed by atoms with E-state index in [-0.39, 0.29) is 0 Å². The number of nitrogens with one attached hydrogen (secondary N) is 2. The lowest BCUT2D eigenvalue weighted by molar-refractivity contribution is 0.0592. The van der Waals surface area contributed by atoms with Gasteiger partial charge in [0.1, 0.15) is 22.8 Å². The summed E-state index contributed by atoms with van der Waals surface area (Å²) in [6, 6.07) is 69.4. The number of aromatic amines is 2. The van der Waals surface area contributed by atoms with E-state index >= 15 is 0 Å². The number of aromatic nitrogens is 16. The molecule has 24 nitrogen and oxygen atoms in total. The van der Waals surface area contributed by atoms with Gasteiger partial charge in [-0.2, -0.15) is 0 Å². The summed E-state index contributed by atoms with van der Waals surface area (Å²) in [6.45, 7) is 1.36. The maximum Gasteiger partial charge on any atom is 0.337 e. The first-order chi connectivity index (χ1) is 54.9. The number of ether oxygens (including phenoxy) is 4. The van der Waals surface area contributed by atoms with Crippen molar-refractivity contribution >= 4 is 70.2 Å². The van der Waals surface area contributed by atoms with Crippen LogP contribution in [0.5, 0.6) is 0 Å². The number of H-pyrrole nitrogens is 2. The Balaban J connectivity index is 0.902. The second-order valence-electron chi connectivity index (χ2n) is 26.7. The zero-order chi connectivity index (χ0) is 76.3. The van der Waals surface area contributed by atoms with Crippen molar-refractivity contribution in [1.82, 2.24) is 79.9 Å². The number of rotatable bonds is 20. The van der Waals surface area contributed by atoms with Crippen molar-refractivity contribution in [2.45, 2.75) is 26.2 Å². The predicted octanol–water partition coefficient (Wildman–Crippen LogP) is 15.7. The SMILES string of the molecule is COC(=O)c1ccc(Cn2cc(-c3cccc(-c4cn(Cc5ccc(C(=O)OC)cc5)nn4)c3-c3c4nc(c(-c5ccccc5)c5ccc([nH]5)c(-c5c(-c6cn(Cc7ccc(C(=O)OC)cc7)nn6)cccc5-c5cn(Cc6ccc(C(=O)OC)cc6)nn5)c5nc(c(-c6ccccc6)c6ccc3[nH]6)C=C5)C=C4)nn2)cc1. The van der Waals surface area contributed by atoms with Crippen LogP contribution in [0.15, 0.2) is 243 Å². The van der Waals surface area contributed by atoms with Crippen molar-refractivity contribution in [3.05, 3.63) is 310 Å². The van der Waals surface area contributed by atoms with Crippen LogP contribution in [0.2, 0.25) is 0 Å². The molecule has 112 heavy (non-hydrogen) atoms. The largest absolute Gasteiger partial charge is 0.465 e. The Bertz CT molecular complexity index is 5770. The first-order valence-electron chi connectivity index (χ1n) is 35.8. The van der Waals surface area contributed by atoms with Gasteiger partial charge >= 0.3 is 23.9 Å². The number of hydrogen-bond acceptors (Lipinski definition) is 18. The smallest absolute Gasteiger partial charge is 0.337 e. The van der Waals surface area contributed by atoms with Gasteiger partial charge in [-0.15, -0.1) is 20.4 Å². The quantitative estimate of drug-likeness (QED) is 0.0529. The second-order valence-corrected chi connectivity index (χ2v) is 26.7. The van der Waals surface area contributed by atoms with Gasteiger partial charge in [0.15, 0.2) is 0 Å². The van der Waals surface area contributed by atoms with Crippen molar-refractivity contribution in [3.63, 3.8) is 0 Å². The third kappa shape index (κ3) is 13.9. The zero-order valence-electron chi connectivity index (χ0n) is 60.8. The Morgan fingerprint density at radius 2 is 0.536 bits per heavy atom. The first-order valence-corrected chi connectivity index (χ1v) is 35.8. The summed E-state index contributed by atoms with van der Waals surface area (Å²) >= 11 is 0. The summed E-state index contributed by atoms with van der Waals surface area (Å²) in [4.78, 5) is 69.3. The normalized spacial score (nSPS) is 11.6. The molecule has 15 aromatic rings. The average molecular weight is 1480 g/mol. The van der Waals surface area contributed by atoms with Crippen molar-refractivity contribution in [2.75, 3.05) is 28.4 Å². The lowest BCUT2D eigenvalue weighted by Gasteiger charge is -2.14. The van der Waals surface area contributed by atoms with Crippen LogP contribution in [0, 0.1) is 0 Å². The van der Waals surface area contributed by atoms with E-state index in [0.717, 1.165) is 66.7 Å². The number of esters is 4. The first kappa shape index (κ1) is 69.8. The number of methoxy groups -OCH3 is 4. The Kier molecular flexibility index (Phi) is 18.8. The molecule has 0 unspecified atom stereocenters. The predicted molar refractivity (Wildman–Crippen MR) is 424 cm³/mol. The molecule has 0 atom stereocenters. The van der Waals surface area contributed by atoms with Gasteiger partial charge in [0.25, 0.3) is 0 Å². The van der Waals surface area contributed by atoms with Crippen LogP contribution < -0.4 is 0 Å². The van der Waals surface area contributed by atoms with Gasteiger partial charge in [-0.05, 0) is 130 Å². The second kappa shape index (κ2) is 30.2. The third-order valence-corrected chi connectivity index (χ3v) is 19.6. The zero-order valence-corrected chi connectivity index (χ0v) is 60.8. The van der Waals surface area contributed by atoms with E-state index in [9.17, 15) is 19.2 Å². The van der Waals surface area contributed by atoms with Crippen LogP contribution in [-0.2, 0) is 45.1 Å². The highest BCUT2D eigenvalue weighted by Gasteiger charge is 2.28. The molecule has 0 aliphatic carbocycles. The van der Waals surface area contributed by atoms with Gasteiger partial charge in [0.2, 0.25) is 0 Å². The molecule has 0 fully saturated rings. The minimum Gasteiger partial charge on any atom is -0.465 e. The molecule has 24 heteroatoms. The molecule has 2 aliphatic rings. The van der Waals surface area contributed by atoms with Crippen LogP contribution in [-0.4, -0.2) is 132 Å². The molecule has 0 radical (unpaired) electrons. The van der Waals surface area contributed by atoms with E-state index in [0.29, 0.717) is 138 Å². The molecular formula is C88H66N16O8. The Labute approximate surface area is 639 Å². The third-order valence-electron chi connectivity index (χ3n) is 19.6. The molecular weight excluding hydrogens is 1410 g/mol. The Morgan fingerprint density at radius 3 is 0.795 bits per heavy atom. The topological polar surface area (TPSA) is 285 Å². The van der Waals surface area contributed by atoms with Crippen LogP contribution in [0.3, 0.4) is 0 Å². The number of nitrogens with zero attached hydrogens (tertiary/aromatic N) is 14.